The number of benzene rings is 2. The number of nitrogens with zero attached hydrogens (tertiary/aromatic N) is 1. The Labute approximate surface area is 135 Å². The van der Waals surface area contributed by atoms with Gasteiger partial charge in [-0.25, -0.2) is 4.39 Å². The van der Waals surface area contributed by atoms with Gasteiger partial charge in [-0.05, 0) is 42.0 Å². The van der Waals surface area contributed by atoms with Gasteiger partial charge >= 0.3 is 6.18 Å². The van der Waals surface area contributed by atoms with E-state index in [4.69, 9.17) is 12.2 Å². The van der Waals surface area contributed by atoms with E-state index in [1.54, 1.807) is 0 Å². The van der Waals surface area contributed by atoms with Crippen molar-refractivity contribution in [1.29, 1.82) is 0 Å². The van der Waals surface area contributed by atoms with Gasteiger partial charge < -0.3 is 5.32 Å². The fourth-order valence-electron chi connectivity index (χ4n) is 1.70. The minimum absolute atomic E-state index is 0.0972. The van der Waals surface area contributed by atoms with Crippen LogP contribution in [0.2, 0.25) is 0 Å². The summed E-state index contributed by atoms with van der Waals surface area (Å²) >= 11 is 4.89. The zero-order valence-electron chi connectivity index (χ0n) is 11.6. The van der Waals surface area contributed by atoms with Crippen LogP contribution in [0, 0.1) is 5.82 Å². The second-order valence-electron chi connectivity index (χ2n) is 4.42. The molecule has 0 unspecified atom stereocenters. The fourth-order valence-corrected chi connectivity index (χ4v) is 1.87. The standard InChI is InChI=1S/C15H11F4N3S/c16-11-7-5-10(6-8-11)9-20-22-14(23)21-13-4-2-1-3-12(13)15(17,18)19/h1-9H,(H2,21,22,23)/b20-9-. The average Bonchev–Trinajstić information content (AvgIpc) is 2.49. The molecule has 0 heterocycles. The maximum atomic E-state index is 12.8. The van der Waals surface area contributed by atoms with Gasteiger partial charge in [-0.1, -0.05) is 24.3 Å². The molecule has 0 atom stereocenters. The summed E-state index contributed by atoms with van der Waals surface area (Å²) in [4.78, 5) is 0. The van der Waals surface area contributed by atoms with Crippen LogP contribution in [0.5, 0.6) is 0 Å². The van der Waals surface area contributed by atoms with E-state index in [9.17, 15) is 17.6 Å². The number of thiocarbonyl (C=S) groups is 1. The molecule has 8 heteroatoms. The highest BCUT2D eigenvalue weighted by atomic mass is 32.1. The highest BCUT2D eigenvalue weighted by Crippen LogP contribution is 2.34. The van der Waals surface area contributed by atoms with Crippen molar-refractivity contribution in [1.82, 2.24) is 5.43 Å². The highest BCUT2D eigenvalue weighted by Gasteiger charge is 2.33. The fraction of sp³-hybridized carbons (Fsp3) is 0.0667. The minimum atomic E-state index is -4.49. The van der Waals surface area contributed by atoms with E-state index in [0.29, 0.717) is 5.56 Å². The molecule has 3 nitrogen and oxygen atoms in total. The first kappa shape index (κ1) is 16.9. The number of halogens is 4. The molecule has 0 aliphatic rings. The molecule has 0 aromatic heterocycles. The lowest BCUT2D eigenvalue weighted by molar-refractivity contribution is -0.136. The van der Waals surface area contributed by atoms with E-state index in [1.165, 1.54) is 48.7 Å². The highest BCUT2D eigenvalue weighted by molar-refractivity contribution is 7.80. The van der Waals surface area contributed by atoms with Crippen molar-refractivity contribution in [3.8, 4) is 0 Å². The molecule has 0 bridgehead atoms. The van der Waals surface area contributed by atoms with Crippen molar-refractivity contribution >= 4 is 29.2 Å². The van der Waals surface area contributed by atoms with Gasteiger partial charge in [-0.3, -0.25) is 5.43 Å². The molecule has 0 amide bonds. The second-order valence-corrected chi connectivity index (χ2v) is 4.83. The van der Waals surface area contributed by atoms with Crippen molar-refractivity contribution < 1.29 is 17.6 Å². The zero-order chi connectivity index (χ0) is 16.9. The van der Waals surface area contributed by atoms with Crippen LogP contribution in [0.4, 0.5) is 23.2 Å². The summed E-state index contributed by atoms with van der Waals surface area (Å²) in [5.41, 5.74) is 2.01. The van der Waals surface area contributed by atoms with Crippen LogP contribution in [0.1, 0.15) is 11.1 Å². The quantitative estimate of drug-likeness (QED) is 0.381. The van der Waals surface area contributed by atoms with Crippen LogP contribution in [0.25, 0.3) is 0 Å². The first-order valence-corrected chi connectivity index (χ1v) is 6.79. The molecule has 0 radical (unpaired) electrons. The summed E-state index contributed by atoms with van der Waals surface area (Å²) in [6, 6.07) is 10.5. The number of hydrogen-bond acceptors (Lipinski definition) is 2. The second kappa shape index (κ2) is 7.19. The Kier molecular flexibility index (Phi) is 5.28. The minimum Gasteiger partial charge on any atom is -0.331 e. The lowest BCUT2D eigenvalue weighted by atomic mass is 10.2. The van der Waals surface area contributed by atoms with Crippen molar-refractivity contribution in [3.63, 3.8) is 0 Å². The Bertz CT molecular complexity index is 711. The maximum Gasteiger partial charge on any atom is 0.418 e. The Morgan fingerprint density at radius 3 is 2.35 bits per heavy atom. The molecular weight excluding hydrogens is 330 g/mol. The normalized spacial score (nSPS) is 11.5. The molecule has 2 aromatic rings. The average molecular weight is 341 g/mol. The first-order chi connectivity index (χ1) is 10.9. The summed E-state index contributed by atoms with van der Waals surface area (Å²) in [6.07, 6.45) is -3.13. The molecular formula is C15H11F4N3S. The van der Waals surface area contributed by atoms with Crippen LogP contribution < -0.4 is 10.7 Å². The Hall–Kier alpha value is -2.48. The number of nitrogens with one attached hydrogen (secondary N) is 2. The summed E-state index contributed by atoms with van der Waals surface area (Å²) in [5.74, 6) is -0.379. The first-order valence-electron chi connectivity index (χ1n) is 6.38. The third kappa shape index (κ3) is 5.03. The van der Waals surface area contributed by atoms with Crippen molar-refractivity contribution in [2.45, 2.75) is 6.18 Å². The van der Waals surface area contributed by atoms with Gasteiger partial charge in [0.2, 0.25) is 0 Å². The summed E-state index contributed by atoms with van der Waals surface area (Å²) < 4.78 is 51.3. The van der Waals surface area contributed by atoms with Gasteiger partial charge in [-0.15, -0.1) is 0 Å². The molecule has 2 aromatic carbocycles. The molecule has 23 heavy (non-hydrogen) atoms. The topological polar surface area (TPSA) is 36.4 Å². The lowest BCUT2D eigenvalue weighted by Crippen LogP contribution is -2.25. The third-order valence-electron chi connectivity index (χ3n) is 2.73. The number of alkyl halides is 3. The van der Waals surface area contributed by atoms with Gasteiger partial charge in [-0.2, -0.15) is 18.3 Å². The smallest absolute Gasteiger partial charge is 0.331 e. The Morgan fingerprint density at radius 2 is 1.70 bits per heavy atom. The van der Waals surface area contributed by atoms with Gasteiger partial charge in [0.25, 0.3) is 0 Å². The lowest BCUT2D eigenvalue weighted by Gasteiger charge is -2.14. The Balaban J connectivity index is 1.99. The molecule has 0 saturated heterocycles. The van der Waals surface area contributed by atoms with Crippen molar-refractivity contribution in [3.05, 3.63) is 65.5 Å². The molecule has 0 fully saturated rings. The summed E-state index contributed by atoms with van der Waals surface area (Å²) in [5, 5.41) is 6.12. The van der Waals surface area contributed by atoms with E-state index in [-0.39, 0.29) is 16.6 Å². The van der Waals surface area contributed by atoms with E-state index >= 15 is 0 Å². The van der Waals surface area contributed by atoms with Gasteiger partial charge in [0.15, 0.2) is 5.11 Å². The summed E-state index contributed by atoms with van der Waals surface area (Å²) in [6.45, 7) is 0. The van der Waals surface area contributed by atoms with Gasteiger partial charge in [0.1, 0.15) is 5.82 Å². The SMILES string of the molecule is Fc1ccc(/C=N\NC(=S)Nc2ccccc2C(F)(F)F)cc1. The van der Waals surface area contributed by atoms with Crippen molar-refractivity contribution in [2.24, 2.45) is 5.10 Å². The monoisotopic (exact) mass is 341 g/mol. The number of hydrazone groups is 1. The number of rotatable bonds is 3. The maximum absolute atomic E-state index is 12.8. The van der Waals surface area contributed by atoms with Gasteiger partial charge in [0.05, 0.1) is 17.5 Å². The third-order valence-corrected chi connectivity index (χ3v) is 2.92. The molecule has 0 aliphatic carbocycles. The molecule has 0 saturated carbocycles. The molecule has 0 aliphatic heterocycles. The van der Waals surface area contributed by atoms with Crippen LogP contribution in [0.3, 0.4) is 0 Å². The number of para-hydroxylation sites is 1. The van der Waals surface area contributed by atoms with E-state index < -0.39 is 11.7 Å². The summed E-state index contributed by atoms with van der Waals surface area (Å²) in [7, 11) is 0. The van der Waals surface area contributed by atoms with Crippen LogP contribution in [0.15, 0.2) is 53.6 Å². The zero-order valence-corrected chi connectivity index (χ0v) is 12.4. The molecule has 120 valence electrons. The Morgan fingerprint density at radius 1 is 1.04 bits per heavy atom. The predicted molar refractivity (Wildman–Crippen MR) is 84.8 cm³/mol. The van der Waals surface area contributed by atoms with Crippen LogP contribution >= 0.6 is 12.2 Å². The molecule has 2 rings (SSSR count). The van der Waals surface area contributed by atoms with Crippen LogP contribution in [-0.2, 0) is 6.18 Å². The van der Waals surface area contributed by atoms with Gasteiger partial charge in [0, 0.05) is 0 Å². The van der Waals surface area contributed by atoms with Crippen molar-refractivity contribution in [2.75, 3.05) is 5.32 Å². The van der Waals surface area contributed by atoms with E-state index in [2.05, 4.69) is 15.8 Å². The van der Waals surface area contributed by atoms with E-state index in [0.717, 1.165) is 6.07 Å². The molecule has 2 N–H and O–H groups in total. The van der Waals surface area contributed by atoms with Crippen LogP contribution in [-0.4, -0.2) is 11.3 Å². The molecule has 0 spiro atoms. The van der Waals surface area contributed by atoms with E-state index in [1.807, 2.05) is 0 Å². The largest absolute Gasteiger partial charge is 0.418 e. The number of hydrogen-bond donors (Lipinski definition) is 2. The predicted octanol–water partition coefficient (Wildman–Crippen LogP) is 4.17. The number of anilines is 1.